The molecule has 0 aliphatic heterocycles. The molecule has 0 aliphatic carbocycles. The number of hydrogen-bond acceptors (Lipinski definition) is 2. The van der Waals surface area contributed by atoms with Crippen LogP contribution < -0.4 is 5.32 Å². The Kier molecular flexibility index (Phi) is 4.86. The second-order valence-corrected chi connectivity index (χ2v) is 6.24. The Balaban J connectivity index is 1.78. The first-order valence-electron chi connectivity index (χ1n) is 7.79. The summed E-state index contributed by atoms with van der Waals surface area (Å²) in [5, 5.41) is 7.55. The second kappa shape index (κ2) is 7.07. The minimum absolute atomic E-state index is 0.206. The highest BCUT2D eigenvalue weighted by atomic mass is 35.5. The van der Waals surface area contributed by atoms with Crippen molar-refractivity contribution in [2.45, 2.75) is 20.4 Å². The minimum Gasteiger partial charge on any atom is -0.305 e. The van der Waals surface area contributed by atoms with Crippen LogP contribution in [-0.2, 0) is 6.54 Å². The van der Waals surface area contributed by atoms with Crippen LogP contribution >= 0.6 is 11.6 Å². The molecule has 6 heteroatoms. The van der Waals surface area contributed by atoms with Crippen molar-refractivity contribution in [2.24, 2.45) is 0 Å². The maximum Gasteiger partial charge on any atom is 0.257 e. The molecular formula is C19H17ClFN3O. The summed E-state index contributed by atoms with van der Waals surface area (Å²) < 4.78 is 14.9. The van der Waals surface area contributed by atoms with Crippen molar-refractivity contribution in [2.75, 3.05) is 5.32 Å². The number of hydrogen-bond donors (Lipinski definition) is 1. The van der Waals surface area contributed by atoms with E-state index < -0.39 is 0 Å². The summed E-state index contributed by atoms with van der Waals surface area (Å²) in [5.41, 5.74) is 3.12. The monoisotopic (exact) mass is 357 g/mol. The molecule has 0 aliphatic rings. The molecule has 0 atom stereocenters. The fourth-order valence-corrected chi connectivity index (χ4v) is 2.78. The summed E-state index contributed by atoms with van der Waals surface area (Å²) in [6, 6.07) is 13.4. The lowest BCUT2D eigenvalue weighted by Gasteiger charge is -2.07. The van der Waals surface area contributed by atoms with Gasteiger partial charge >= 0.3 is 0 Å². The van der Waals surface area contributed by atoms with Gasteiger partial charge in [-0.2, -0.15) is 5.10 Å². The number of carbonyl (C=O) groups excluding carboxylic acids is 1. The average molecular weight is 358 g/mol. The van der Waals surface area contributed by atoms with E-state index >= 15 is 0 Å². The zero-order valence-corrected chi connectivity index (χ0v) is 14.6. The van der Waals surface area contributed by atoms with Gasteiger partial charge < -0.3 is 5.32 Å². The van der Waals surface area contributed by atoms with Crippen LogP contribution in [0.5, 0.6) is 0 Å². The number of aryl methyl sites for hydroxylation is 2. The lowest BCUT2D eigenvalue weighted by Crippen LogP contribution is -2.14. The standard InChI is InChI=1S/C19H17ClFN3O/c1-12-5-3-4-6-16(12)19(25)22-18-9-13(2)24(23-18)11-14-7-8-15(21)10-17(14)20/h3-10H,11H2,1-2H3,(H,22,23,25). The average Bonchev–Trinajstić information content (AvgIpc) is 2.90. The molecule has 128 valence electrons. The molecule has 25 heavy (non-hydrogen) atoms. The third-order valence-corrected chi connectivity index (χ3v) is 4.30. The summed E-state index contributed by atoms with van der Waals surface area (Å²) in [5.74, 6) is -0.122. The highest BCUT2D eigenvalue weighted by Crippen LogP contribution is 2.20. The number of anilines is 1. The Bertz CT molecular complexity index is 936. The summed E-state index contributed by atoms with van der Waals surface area (Å²) >= 11 is 6.07. The minimum atomic E-state index is -0.378. The number of nitrogens with one attached hydrogen (secondary N) is 1. The second-order valence-electron chi connectivity index (χ2n) is 5.83. The largest absolute Gasteiger partial charge is 0.305 e. The number of benzene rings is 2. The smallest absolute Gasteiger partial charge is 0.257 e. The number of amides is 1. The molecule has 1 heterocycles. The van der Waals surface area contributed by atoms with Crippen LogP contribution in [0.2, 0.25) is 5.02 Å². The molecule has 4 nitrogen and oxygen atoms in total. The van der Waals surface area contributed by atoms with E-state index in [4.69, 9.17) is 11.6 Å². The Labute approximate surface area is 150 Å². The zero-order chi connectivity index (χ0) is 18.0. The fourth-order valence-electron chi connectivity index (χ4n) is 2.55. The lowest BCUT2D eigenvalue weighted by atomic mass is 10.1. The van der Waals surface area contributed by atoms with Crippen molar-refractivity contribution >= 4 is 23.3 Å². The Morgan fingerprint density at radius 1 is 1.20 bits per heavy atom. The predicted octanol–water partition coefficient (Wildman–Crippen LogP) is 4.59. The maximum absolute atomic E-state index is 13.2. The number of rotatable bonds is 4. The molecule has 3 aromatic rings. The van der Waals surface area contributed by atoms with Gasteiger partial charge in [0.1, 0.15) is 5.82 Å². The van der Waals surface area contributed by atoms with Gasteiger partial charge in [-0.1, -0.05) is 35.9 Å². The maximum atomic E-state index is 13.2. The molecule has 1 aromatic heterocycles. The van der Waals surface area contributed by atoms with Gasteiger partial charge in [0.05, 0.1) is 6.54 Å². The molecule has 1 amide bonds. The molecule has 0 saturated heterocycles. The van der Waals surface area contributed by atoms with Crippen LogP contribution in [0.3, 0.4) is 0 Å². The van der Waals surface area contributed by atoms with E-state index in [-0.39, 0.29) is 11.7 Å². The van der Waals surface area contributed by atoms with Crippen molar-refractivity contribution in [1.29, 1.82) is 0 Å². The van der Waals surface area contributed by atoms with Gasteiger partial charge in [-0.05, 0) is 43.2 Å². The molecule has 2 aromatic carbocycles. The Hall–Kier alpha value is -2.66. The summed E-state index contributed by atoms with van der Waals surface area (Å²) in [4.78, 5) is 12.4. The molecule has 0 spiro atoms. The summed E-state index contributed by atoms with van der Waals surface area (Å²) in [6.45, 7) is 4.16. The molecule has 0 radical (unpaired) electrons. The van der Waals surface area contributed by atoms with E-state index in [1.54, 1.807) is 22.9 Å². The molecule has 0 saturated carbocycles. The van der Waals surface area contributed by atoms with Crippen LogP contribution in [0.4, 0.5) is 10.2 Å². The molecule has 1 N–H and O–H groups in total. The number of nitrogens with zero attached hydrogens (tertiary/aromatic N) is 2. The predicted molar refractivity (Wildman–Crippen MR) is 96.6 cm³/mol. The summed E-state index contributed by atoms with van der Waals surface area (Å²) in [7, 11) is 0. The van der Waals surface area contributed by atoms with E-state index in [9.17, 15) is 9.18 Å². The van der Waals surface area contributed by atoms with Crippen molar-refractivity contribution in [1.82, 2.24) is 9.78 Å². The number of carbonyl (C=O) groups is 1. The van der Waals surface area contributed by atoms with Crippen LogP contribution in [0, 0.1) is 19.7 Å². The molecular weight excluding hydrogens is 341 g/mol. The zero-order valence-electron chi connectivity index (χ0n) is 13.9. The highest BCUT2D eigenvalue weighted by Gasteiger charge is 2.12. The van der Waals surface area contributed by atoms with E-state index in [0.29, 0.717) is 22.9 Å². The van der Waals surface area contributed by atoms with Gasteiger partial charge in [-0.15, -0.1) is 0 Å². The first-order chi connectivity index (χ1) is 11.9. The van der Waals surface area contributed by atoms with Gasteiger partial charge in [0.2, 0.25) is 0 Å². The molecule has 0 fully saturated rings. The highest BCUT2D eigenvalue weighted by molar-refractivity contribution is 6.31. The van der Waals surface area contributed by atoms with Crippen LogP contribution in [0.1, 0.15) is 27.2 Å². The van der Waals surface area contributed by atoms with Gasteiger partial charge in [0.25, 0.3) is 5.91 Å². The number of halogens is 2. The Morgan fingerprint density at radius 3 is 2.68 bits per heavy atom. The Morgan fingerprint density at radius 2 is 1.96 bits per heavy atom. The third-order valence-electron chi connectivity index (χ3n) is 3.95. The van der Waals surface area contributed by atoms with Crippen molar-refractivity contribution in [3.05, 3.63) is 81.8 Å². The first kappa shape index (κ1) is 17.2. The van der Waals surface area contributed by atoms with Crippen LogP contribution in [0.15, 0.2) is 48.5 Å². The first-order valence-corrected chi connectivity index (χ1v) is 8.17. The lowest BCUT2D eigenvalue weighted by molar-refractivity contribution is 0.102. The van der Waals surface area contributed by atoms with Gasteiger partial charge in [-0.25, -0.2) is 4.39 Å². The van der Waals surface area contributed by atoms with E-state index in [0.717, 1.165) is 16.8 Å². The molecule has 3 rings (SSSR count). The van der Waals surface area contributed by atoms with E-state index in [2.05, 4.69) is 10.4 Å². The summed E-state index contributed by atoms with van der Waals surface area (Å²) in [6.07, 6.45) is 0. The third kappa shape index (κ3) is 3.88. The van der Waals surface area contributed by atoms with Crippen LogP contribution in [0.25, 0.3) is 0 Å². The van der Waals surface area contributed by atoms with Crippen molar-refractivity contribution < 1.29 is 9.18 Å². The number of aromatic nitrogens is 2. The normalized spacial score (nSPS) is 10.7. The van der Waals surface area contributed by atoms with Gasteiger partial charge in [0, 0.05) is 22.3 Å². The quantitative estimate of drug-likeness (QED) is 0.742. The molecule has 0 unspecified atom stereocenters. The van der Waals surface area contributed by atoms with Crippen molar-refractivity contribution in [3.8, 4) is 0 Å². The topological polar surface area (TPSA) is 46.9 Å². The van der Waals surface area contributed by atoms with Crippen molar-refractivity contribution in [3.63, 3.8) is 0 Å². The van der Waals surface area contributed by atoms with Crippen LogP contribution in [-0.4, -0.2) is 15.7 Å². The van der Waals surface area contributed by atoms with E-state index in [1.807, 2.05) is 32.0 Å². The molecule has 0 bridgehead atoms. The fraction of sp³-hybridized carbons (Fsp3) is 0.158. The van der Waals surface area contributed by atoms with E-state index in [1.165, 1.54) is 12.1 Å². The SMILES string of the molecule is Cc1ccccc1C(=O)Nc1cc(C)n(Cc2ccc(F)cc2Cl)n1. The van der Waals surface area contributed by atoms with Gasteiger partial charge in [0.15, 0.2) is 5.82 Å². The van der Waals surface area contributed by atoms with Gasteiger partial charge in [-0.3, -0.25) is 9.48 Å².